The topological polar surface area (TPSA) is 80.0 Å². The van der Waals surface area contributed by atoms with Gasteiger partial charge >= 0.3 is 5.97 Å². The van der Waals surface area contributed by atoms with Gasteiger partial charge in [-0.25, -0.2) is 4.79 Å². The van der Waals surface area contributed by atoms with E-state index in [2.05, 4.69) is 0 Å². The van der Waals surface area contributed by atoms with Crippen molar-refractivity contribution < 1.29 is 23.7 Å². The summed E-state index contributed by atoms with van der Waals surface area (Å²) in [6.45, 7) is 3.45. The zero-order valence-electron chi connectivity index (χ0n) is 16.0. The van der Waals surface area contributed by atoms with Gasteiger partial charge in [0, 0.05) is 41.1 Å². The van der Waals surface area contributed by atoms with Crippen molar-refractivity contribution in [1.29, 1.82) is 0 Å². The molecule has 0 radical (unpaired) electrons. The lowest BCUT2D eigenvalue weighted by molar-refractivity contribution is -0.139. The number of fused-ring (bicyclic) bond motifs is 2. The van der Waals surface area contributed by atoms with Crippen molar-refractivity contribution in [3.63, 3.8) is 0 Å². The van der Waals surface area contributed by atoms with Gasteiger partial charge in [0.1, 0.15) is 23.9 Å². The largest absolute Gasteiger partial charge is 0.493 e. The van der Waals surface area contributed by atoms with E-state index >= 15 is 0 Å². The molecule has 2 N–H and O–H groups in total. The van der Waals surface area contributed by atoms with Crippen molar-refractivity contribution in [2.45, 2.75) is 38.8 Å². The molecule has 0 saturated heterocycles. The SMILES string of the molecule is C[C@@H](N)Cc1c2c(c(COCC(=O)Oc3ccccc3)c3c1OCC3)OCC2. The zero-order chi connectivity index (χ0) is 19.5. The fraction of sp³-hybridized carbons (Fsp3) is 0.409. The van der Waals surface area contributed by atoms with Crippen LogP contribution in [0.5, 0.6) is 17.2 Å². The van der Waals surface area contributed by atoms with E-state index in [0.29, 0.717) is 19.0 Å². The van der Waals surface area contributed by atoms with Crippen molar-refractivity contribution in [3.8, 4) is 17.2 Å². The minimum absolute atomic E-state index is 0.0489. The highest BCUT2D eigenvalue weighted by molar-refractivity contribution is 5.73. The fourth-order valence-corrected chi connectivity index (χ4v) is 3.88. The molecular weight excluding hydrogens is 358 g/mol. The number of hydrogen-bond donors (Lipinski definition) is 1. The molecule has 2 aromatic rings. The summed E-state index contributed by atoms with van der Waals surface area (Å²) >= 11 is 0. The fourth-order valence-electron chi connectivity index (χ4n) is 3.88. The summed E-state index contributed by atoms with van der Waals surface area (Å²) in [4.78, 5) is 12.0. The minimum Gasteiger partial charge on any atom is -0.493 e. The van der Waals surface area contributed by atoms with E-state index in [0.717, 1.165) is 41.9 Å². The van der Waals surface area contributed by atoms with Crippen LogP contribution in [0, 0.1) is 0 Å². The first kappa shape index (κ1) is 18.8. The monoisotopic (exact) mass is 383 g/mol. The van der Waals surface area contributed by atoms with E-state index in [-0.39, 0.29) is 19.3 Å². The Labute approximate surface area is 164 Å². The van der Waals surface area contributed by atoms with Gasteiger partial charge in [0.15, 0.2) is 0 Å². The Morgan fingerprint density at radius 3 is 2.39 bits per heavy atom. The van der Waals surface area contributed by atoms with Crippen molar-refractivity contribution in [2.24, 2.45) is 5.73 Å². The lowest BCUT2D eigenvalue weighted by Crippen LogP contribution is -2.19. The summed E-state index contributed by atoms with van der Waals surface area (Å²) in [5.74, 6) is 1.91. The molecule has 2 aromatic carbocycles. The van der Waals surface area contributed by atoms with Crippen LogP contribution >= 0.6 is 0 Å². The van der Waals surface area contributed by atoms with Crippen LogP contribution in [-0.4, -0.2) is 31.8 Å². The maximum Gasteiger partial charge on any atom is 0.337 e. The first-order chi connectivity index (χ1) is 13.6. The molecule has 0 bridgehead atoms. The Kier molecular flexibility index (Phi) is 5.50. The average Bonchev–Trinajstić information content (AvgIpc) is 3.34. The Morgan fingerprint density at radius 2 is 1.71 bits per heavy atom. The van der Waals surface area contributed by atoms with Gasteiger partial charge in [-0.3, -0.25) is 0 Å². The highest BCUT2D eigenvalue weighted by Gasteiger charge is 2.31. The van der Waals surface area contributed by atoms with E-state index < -0.39 is 5.97 Å². The second-order valence-corrected chi connectivity index (χ2v) is 7.23. The van der Waals surface area contributed by atoms with E-state index in [9.17, 15) is 4.79 Å². The van der Waals surface area contributed by atoms with Crippen LogP contribution in [0.15, 0.2) is 30.3 Å². The molecule has 1 atom stereocenters. The smallest absolute Gasteiger partial charge is 0.337 e. The molecular formula is C22H25NO5. The van der Waals surface area contributed by atoms with Crippen LogP contribution in [0.25, 0.3) is 0 Å². The molecule has 2 heterocycles. The second kappa shape index (κ2) is 8.20. The average molecular weight is 383 g/mol. The lowest BCUT2D eigenvalue weighted by atomic mass is 9.91. The Hall–Kier alpha value is -2.57. The molecule has 0 spiro atoms. The summed E-state index contributed by atoms with van der Waals surface area (Å²) in [5, 5.41) is 0. The molecule has 2 aliphatic heterocycles. The number of carbonyl (C=O) groups is 1. The van der Waals surface area contributed by atoms with Crippen molar-refractivity contribution in [3.05, 3.63) is 52.6 Å². The van der Waals surface area contributed by atoms with E-state index in [1.807, 2.05) is 25.1 Å². The van der Waals surface area contributed by atoms with Crippen LogP contribution in [0.1, 0.15) is 29.2 Å². The third kappa shape index (κ3) is 3.84. The molecule has 0 aromatic heterocycles. The van der Waals surface area contributed by atoms with Gasteiger partial charge in [-0.2, -0.15) is 0 Å². The van der Waals surface area contributed by atoms with Gasteiger partial charge in [-0.05, 0) is 25.5 Å². The number of esters is 1. The quantitative estimate of drug-likeness (QED) is 0.585. The number of ether oxygens (including phenoxy) is 4. The molecule has 0 fully saturated rings. The Balaban J connectivity index is 1.49. The molecule has 6 nitrogen and oxygen atoms in total. The Morgan fingerprint density at radius 1 is 1.07 bits per heavy atom. The van der Waals surface area contributed by atoms with Crippen molar-refractivity contribution >= 4 is 5.97 Å². The number of rotatable bonds is 7. The van der Waals surface area contributed by atoms with Gasteiger partial charge in [0.2, 0.25) is 0 Å². The minimum atomic E-state index is -0.426. The van der Waals surface area contributed by atoms with Gasteiger partial charge in [0.05, 0.1) is 19.8 Å². The highest BCUT2D eigenvalue weighted by atomic mass is 16.6. The highest BCUT2D eigenvalue weighted by Crippen LogP contribution is 2.45. The summed E-state index contributed by atoms with van der Waals surface area (Å²) in [5.41, 5.74) is 10.5. The summed E-state index contributed by atoms with van der Waals surface area (Å²) in [6.07, 6.45) is 2.42. The lowest BCUT2D eigenvalue weighted by Gasteiger charge is -2.18. The summed E-state index contributed by atoms with van der Waals surface area (Å²) in [6, 6.07) is 9.02. The van der Waals surface area contributed by atoms with Gasteiger partial charge in [-0.1, -0.05) is 18.2 Å². The number of nitrogens with two attached hydrogens (primary N) is 1. The van der Waals surface area contributed by atoms with Gasteiger partial charge in [-0.15, -0.1) is 0 Å². The number of para-hydroxylation sites is 1. The molecule has 0 aliphatic carbocycles. The molecule has 4 rings (SSSR count). The van der Waals surface area contributed by atoms with Crippen LogP contribution in [0.3, 0.4) is 0 Å². The second-order valence-electron chi connectivity index (χ2n) is 7.23. The maximum absolute atomic E-state index is 12.0. The van der Waals surface area contributed by atoms with Crippen molar-refractivity contribution in [1.82, 2.24) is 0 Å². The van der Waals surface area contributed by atoms with E-state index in [1.165, 1.54) is 11.1 Å². The molecule has 0 unspecified atom stereocenters. The Bertz CT molecular complexity index is 828. The first-order valence-corrected chi connectivity index (χ1v) is 9.67. The maximum atomic E-state index is 12.0. The summed E-state index contributed by atoms with van der Waals surface area (Å²) in [7, 11) is 0. The molecule has 148 valence electrons. The van der Waals surface area contributed by atoms with Crippen LogP contribution in [0.4, 0.5) is 0 Å². The number of hydrogen-bond acceptors (Lipinski definition) is 6. The van der Waals surface area contributed by atoms with Crippen LogP contribution in [-0.2, 0) is 35.4 Å². The van der Waals surface area contributed by atoms with E-state index in [4.69, 9.17) is 24.7 Å². The molecule has 2 aliphatic rings. The molecule has 6 heteroatoms. The van der Waals surface area contributed by atoms with Crippen LogP contribution < -0.4 is 19.9 Å². The predicted molar refractivity (Wildman–Crippen MR) is 104 cm³/mol. The third-order valence-corrected chi connectivity index (χ3v) is 4.99. The van der Waals surface area contributed by atoms with Crippen molar-refractivity contribution in [2.75, 3.05) is 19.8 Å². The first-order valence-electron chi connectivity index (χ1n) is 9.67. The molecule has 0 saturated carbocycles. The predicted octanol–water partition coefficient (Wildman–Crippen LogP) is 2.57. The number of carbonyl (C=O) groups excluding carboxylic acids is 1. The standard InChI is InChI=1S/C22H25NO5/c1-14(23)11-18-16-7-9-27-22(16)19(17-8-10-26-21(17)18)12-25-13-20(24)28-15-5-3-2-4-6-15/h2-6,14H,7-13,23H2,1H3/t14-/m1/s1. The summed E-state index contributed by atoms with van der Waals surface area (Å²) < 4.78 is 22.8. The van der Waals surface area contributed by atoms with Gasteiger partial charge < -0.3 is 24.7 Å². The zero-order valence-corrected chi connectivity index (χ0v) is 16.0. The third-order valence-electron chi connectivity index (χ3n) is 4.99. The molecule has 0 amide bonds. The molecule has 28 heavy (non-hydrogen) atoms. The van der Waals surface area contributed by atoms with Crippen LogP contribution in [0.2, 0.25) is 0 Å². The number of benzene rings is 2. The normalized spacial score (nSPS) is 15.4. The van der Waals surface area contributed by atoms with E-state index in [1.54, 1.807) is 12.1 Å². The van der Waals surface area contributed by atoms with Gasteiger partial charge in [0.25, 0.3) is 0 Å².